The second-order valence-electron chi connectivity index (χ2n) is 10.3. The fourth-order valence-corrected chi connectivity index (χ4v) is 7.11. The van der Waals surface area contributed by atoms with Crippen LogP contribution in [0.4, 0.5) is 14.5 Å². The Kier molecular flexibility index (Phi) is 5.75. The van der Waals surface area contributed by atoms with Gasteiger partial charge in [-0.3, -0.25) is 4.57 Å². The number of nitrogens with zero attached hydrogens (tertiary/aromatic N) is 6. The molecule has 0 unspecified atom stereocenters. The van der Waals surface area contributed by atoms with Gasteiger partial charge in [0.1, 0.15) is 16.9 Å². The fourth-order valence-electron chi connectivity index (χ4n) is 4.97. The molecule has 14 heteroatoms. The van der Waals surface area contributed by atoms with Crippen molar-refractivity contribution in [1.29, 1.82) is 5.26 Å². The molecule has 0 bridgehead atoms. The largest absolute Gasteiger partial charge is 0.367 e. The van der Waals surface area contributed by atoms with Crippen molar-refractivity contribution in [2.24, 2.45) is 0 Å². The molecule has 2 saturated carbocycles. The van der Waals surface area contributed by atoms with Crippen LogP contribution < -0.4 is 14.9 Å². The Morgan fingerprint density at radius 3 is 2.49 bits per heavy atom. The molecule has 1 aromatic carbocycles. The molecule has 3 aromatic rings. The summed E-state index contributed by atoms with van der Waals surface area (Å²) < 4.78 is 58.0. The van der Waals surface area contributed by atoms with Crippen molar-refractivity contribution in [2.75, 3.05) is 18.0 Å². The monoisotopic (exact) mass is 548 g/mol. The average molecular weight is 549 g/mol. The van der Waals surface area contributed by atoms with Gasteiger partial charge in [0.25, 0.3) is 6.43 Å². The van der Waals surface area contributed by atoms with E-state index in [1.807, 2.05) is 0 Å². The maximum absolute atomic E-state index is 13.5. The molecule has 3 aliphatic rings. The van der Waals surface area contributed by atoms with Gasteiger partial charge in [-0.1, -0.05) is 11.3 Å². The van der Waals surface area contributed by atoms with E-state index in [9.17, 15) is 22.5 Å². The summed E-state index contributed by atoms with van der Waals surface area (Å²) in [6.45, 7) is 5.40. The van der Waals surface area contributed by atoms with Crippen molar-refractivity contribution in [2.45, 2.75) is 74.4 Å². The number of imidazole rings is 1. The first kappa shape index (κ1) is 24.6. The predicted molar refractivity (Wildman–Crippen MR) is 134 cm³/mol. The van der Waals surface area contributed by atoms with Gasteiger partial charge in [-0.2, -0.15) is 9.98 Å². The summed E-state index contributed by atoms with van der Waals surface area (Å²) in [6, 6.07) is 5.51. The highest BCUT2D eigenvalue weighted by Crippen LogP contribution is 2.45. The highest BCUT2D eigenvalue weighted by molar-refractivity contribution is 7.89. The fraction of sp³-hybridized carbons (Fsp3) is 0.565. The number of sulfonamides is 1. The molecular weight excluding hydrogens is 522 g/mol. The van der Waals surface area contributed by atoms with Crippen LogP contribution in [0.2, 0.25) is 0 Å². The molecule has 0 amide bonds. The van der Waals surface area contributed by atoms with Crippen molar-refractivity contribution in [1.82, 2.24) is 29.8 Å². The van der Waals surface area contributed by atoms with Crippen LogP contribution in [0.25, 0.3) is 16.2 Å². The minimum atomic E-state index is -4.06. The minimum absolute atomic E-state index is 0.00235. The molecule has 2 aliphatic carbocycles. The number of hydrogen-bond acceptors (Lipinski definition) is 9. The number of halogens is 2. The smallest absolute Gasteiger partial charge is 0.291 e. The molecule has 2 N–H and O–H groups in total. The molecule has 2 aromatic heterocycles. The SMILES string of the molecule is C[C@H]1CN(c2cc(S(=O)(=O)NC3(C#N)CC3)cc3c2nc(C2CC2)n3-c2nnc(C(F)F)s2)C[C@H](C)N1. The Morgan fingerprint density at radius 2 is 1.92 bits per heavy atom. The Labute approximate surface area is 216 Å². The van der Waals surface area contributed by atoms with Gasteiger partial charge >= 0.3 is 0 Å². The van der Waals surface area contributed by atoms with Crippen molar-refractivity contribution >= 4 is 38.1 Å². The van der Waals surface area contributed by atoms with Crippen LogP contribution in [0.5, 0.6) is 0 Å². The standard InChI is InChI=1S/C23H26F2N8O2S2/c1-12-9-32(10-13(2)27-12)16-7-15(37(34,35)31-23(11-26)5-6-23)8-17-18(16)28-20(14-3-4-14)33(17)22-30-29-21(36-22)19(24)25/h7-8,12-14,19,27,31H,3-6,9-10H2,1-2H3/t12-,13-/m0/s1. The normalized spacial score (nSPS) is 23.5. The zero-order valence-corrected chi connectivity index (χ0v) is 21.9. The third kappa shape index (κ3) is 4.47. The van der Waals surface area contributed by atoms with Crippen LogP contribution in [0.1, 0.15) is 62.7 Å². The molecule has 6 rings (SSSR count). The molecular formula is C23H26F2N8O2S2. The van der Waals surface area contributed by atoms with Gasteiger partial charge in [0.05, 0.1) is 22.2 Å². The Hall–Kier alpha value is -2.73. The zero-order chi connectivity index (χ0) is 26.1. The maximum atomic E-state index is 13.5. The molecule has 3 fully saturated rings. The van der Waals surface area contributed by atoms with Crippen molar-refractivity contribution in [3.05, 3.63) is 23.0 Å². The summed E-state index contributed by atoms with van der Waals surface area (Å²) >= 11 is 0.771. The zero-order valence-electron chi connectivity index (χ0n) is 20.3. The van der Waals surface area contributed by atoms with E-state index in [1.54, 1.807) is 10.6 Å². The van der Waals surface area contributed by atoms with Crippen molar-refractivity contribution in [3.8, 4) is 11.2 Å². The second kappa shape index (κ2) is 8.65. The number of hydrogen-bond donors (Lipinski definition) is 2. The van der Waals surface area contributed by atoms with Crippen LogP contribution in [0.15, 0.2) is 17.0 Å². The van der Waals surface area contributed by atoms with Crippen LogP contribution in [-0.4, -0.2) is 58.9 Å². The number of fused-ring (bicyclic) bond motifs is 1. The van der Waals surface area contributed by atoms with E-state index in [0.29, 0.717) is 48.5 Å². The number of rotatable bonds is 7. The molecule has 2 atom stereocenters. The lowest BCUT2D eigenvalue weighted by molar-refractivity contribution is 0.150. The second-order valence-corrected chi connectivity index (χ2v) is 13.0. The quantitative estimate of drug-likeness (QED) is 0.461. The van der Waals surface area contributed by atoms with E-state index < -0.39 is 27.0 Å². The highest BCUT2D eigenvalue weighted by atomic mass is 32.2. The van der Waals surface area contributed by atoms with Crippen LogP contribution in [0, 0.1) is 11.3 Å². The first-order valence-corrected chi connectivity index (χ1v) is 14.5. The van der Waals surface area contributed by atoms with Gasteiger partial charge < -0.3 is 10.2 Å². The summed E-state index contributed by atoms with van der Waals surface area (Å²) in [6.07, 6.45) is -0.0486. The number of aromatic nitrogens is 4. The van der Waals surface area contributed by atoms with Crippen molar-refractivity contribution in [3.63, 3.8) is 0 Å². The molecule has 196 valence electrons. The lowest BCUT2D eigenvalue weighted by Crippen LogP contribution is -2.54. The molecule has 1 saturated heterocycles. The third-order valence-corrected chi connectivity index (χ3v) is 9.42. The van der Waals surface area contributed by atoms with E-state index >= 15 is 0 Å². The molecule has 1 aliphatic heterocycles. The molecule has 37 heavy (non-hydrogen) atoms. The molecule has 10 nitrogen and oxygen atoms in total. The van der Waals surface area contributed by atoms with Gasteiger partial charge in [-0.25, -0.2) is 22.2 Å². The van der Waals surface area contributed by atoms with Gasteiger partial charge in [0, 0.05) is 31.1 Å². The number of benzene rings is 1. The van der Waals surface area contributed by atoms with E-state index in [4.69, 9.17) is 4.98 Å². The molecule has 0 spiro atoms. The number of piperazine rings is 1. The third-order valence-electron chi connectivity index (χ3n) is 6.99. The Morgan fingerprint density at radius 1 is 1.22 bits per heavy atom. The Bertz CT molecular complexity index is 1510. The summed E-state index contributed by atoms with van der Waals surface area (Å²) in [5, 5.41) is 20.5. The first-order valence-electron chi connectivity index (χ1n) is 12.2. The lowest BCUT2D eigenvalue weighted by Gasteiger charge is -2.37. The van der Waals surface area contributed by atoms with Gasteiger partial charge in [0.2, 0.25) is 15.2 Å². The summed E-state index contributed by atoms with van der Waals surface area (Å²) in [5.41, 5.74) is 0.630. The van der Waals surface area contributed by atoms with Gasteiger partial charge in [-0.15, -0.1) is 10.2 Å². The van der Waals surface area contributed by atoms with Crippen LogP contribution in [0.3, 0.4) is 0 Å². The topological polar surface area (TPSA) is 129 Å². The van der Waals surface area contributed by atoms with E-state index in [-0.39, 0.29) is 28.0 Å². The Balaban J connectivity index is 1.57. The summed E-state index contributed by atoms with van der Waals surface area (Å²) in [4.78, 5) is 7.05. The van der Waals surface area contributed by atoms with Crippen LogP contribution in [-0.2, 0) is 10.0 Å². The predicted octanol–water partition coefficient (Wildman–Crippen LogP) is 3.21. The maximum Gasteiger partial charge on any atom is 0.291 e. The molecule has 3 heterocycles. The van der Waals surface area contributed by atoms with E-state index in [1.165, 1.54) is 6.07 Å². The number of nitriles is 1. The van der Waals surface area contributed by atoms with E-state index in [0.717, 1.165) is 24.2 Å². The van der Waals surface area contributed by atoms with Crippen molar-refractivity contribution < 1.29 is 17.2 Å². The van der Waals surface area contributed by atoms with Gasteiger partial charge in [0.15, 0.2) is 5.01 Å². The first-order chi connectivity index (χ1) is 17.6. The van der Waals surface area contributed by atoms with Gasteiger partial charge in [-0.05, 0) is 51.7 Å². The average Bonchev–Trinajstić information content (AvgIpc) is 3.74. The molecule has 0 radical (unpaired) electrons. The van der Waals surface area contributed by atoms with E-state index in [2.05, 4.69) is 45.1 Å². The number of anilines is 1. The summed E-state index contributed by atoms with van der Waals surface area (Å²) in [5.74, 6) is 0.800. The number of nitrogens with one attached hydrogen (secondary N) is 2. The number of alkyl halides is 2. The summed E-state index contributed by atoms with van der Waals surface area (Å²) in [7, 11) is -4.06. The minimum Gasteiger partial charge on any atom is -0.367 e. The highest BCUT2D eigenvalue weighted by Gasteiger charge is 2.47. The lowest BCUT2D eigenvalue weighted by atomic mass is 10.1. The van der Waals surface area contributed by atoms with Crippen LogP contribution >= 0.6 is 11.3 Å².